The van der Waals surface area contributed by atoms with Crippen molar-refractivity contribution >= 4 is 11.8 Å². The van der Waals surface area contributed by atoms with Crippen molar-refractivity contribution in [1.82, 2.24) is 15.2 Å². The van der Waals surface area contributed by atoms with Crippen molar-refractivity contribution < 1.29 is 22.8 Å². The molecule has 1 saturated heterocycles. The quantitative estimate of drug-likeness (QED) is 0.869. The van der Waals surface area contributed by atoms with Crippen LogP contribution in [-0.2, 0) is 6.18 Å². The number of halogens is 3. The zero-order valence-electron chi connectivity index (χ0n) is 15.1. The van der Waals surface area contributed by atoms with E-state index in [4.69, 9.17) is 0 Å². The maximum absolute atomic E-state index is 12.6. The van der Waals surface area contributed by atoms with Gasteiger partial charge in [-0.2, -0.15) is 13.2 Å². The summed E-state index contributed by atoms with van der Waals surface area (Å²) in [4.78, 5) is 30.1. The fourth-order valence-electron chi connectivity index (χ4n) is 3.16. The predicted molar refractivity (Wildman–Crippen MR) is 96.6 cm³/mol. The van der Waals surface area contributed by atoms with E-state index in [9.17, 15) is 22.8 Å². The molecule has 0 spiro atoms. The van der Waals surface area contributed by atoms with E-state index in [1.54, 1.807) is 23.2 Å². The minimum absolute atomic E-state index is 0.184. The first-order valence-electron chi connectivity index (χ1n) is 8.99. The van der Waals surface area contributed by atoms with Gasteiger partial charge in [-0.1, -0.05) is 0 Å². The molecule has 2 amide bonds. The van der Waals surface area contributed by atoms with Crippen molar-refractivity contribution in [2.45, 2.75) is 19.0 Å². The van der Waals surface area contributed by atoms with Gasteiger partial charge in [-0.25, -0.2) is 0 Å². The summed E-state index contributed by atoms with van der Waals surface area (Å²) in [7, 11) is 0. The van der Waals surface area contributed by atoms with E-state index in [0.717, 1.165) is 25.0 Å². The summed E-state index contributed by atoms with van der Waals surface area (Å²) >= 11 is 0. The van der Waals surface area contributed by atoms with Crippen LogP contribution in [0.2, 0.25) is 0 Å². The smallest absolute Gasteiger partial charge is 0.352 e. The second-order valence-corrected chi connectivity index (χ2v) is 6.76. The Bertz CT molecular complexity index is 815. The fourth-order valence-corrected chi connectivity index (χ4v) is 3.16. The predicted octanol–water partition coefficient (Wildman–Crippen LogP) is 3.38. The van der Waals surface area contributed by atoms with Crippen LogP contribution in [0.1, 0.15) is 39.1 Å². The molecule has 0 saturated carbocycles. The summed E-state index contributed by atoms with van der Waals surface area (Å²) in [5.74, 6) is -0.208. The van der Waals surface area contributed by atoms with Gasteiger partial charge in [0, 0.05) is 37.6 Å². The molecule has 1 aliphatic rings. The van der Waals surface area contributed by atoms with Gasteiger partial charge in [-0.3, -0.25) is 14.6 Å². The third kappa shape index (κ3) is 4.88. The Morgan fingerprint density at radius 2 is 1.75 bits per heavy atom. The van der Waals surface area contributed by atoms with E-state index in [1.807, 2.05) is 0 Å². The van der Waals surface area contributed by atoms with Gasteiger partial charge in [0.25, 0.3) is 11.8 Å². The van der Waals surface area contributed by atoms with Crippen LogP contribution in [0.4, 0.5) is 13.2 Å². The molecule has 0 bridgehead atoms. The van der Waals surface area contributed by atoms with Gasteiger partial charge in [-0.05, 0) is 55.2 Å². The molecule has 0 unspecified atom stereocenters. The molecule has 0 atom stereocenters. The molecule has 1 N–H and O–H groups in total. The number of benzene rings is 1. The molecular formula is C20H20F3N3O2. The number of pyridine rings is 1. The van der Waals surface area contributed by atoms with Crippen LogP contribution >= 0.6 is 0 Å². The lowest BCUT2D eigenvalue weighted by molar-refractivity contribution is -0.137. The first-order chi connectivity index (χ1) is 13.3. The Hall–Kier alpha value is -2.90. The first kappa shape index (κ1) is 19.9. The van der Waals surface area contributed by atoms with Crippen LogP contribution in [0.15, 0.2) is 48.8 Å². The van der Waals surface area contributed by atoms with Crippen molar-refractivity contribution in [2.24, 2.45) is 5.92 Å². The topological polar surface area (TPSA) is 62.3 Å². The molecule has 8 heteroatoms. The number of carbonyl (C=O) groups excluding carboxylic acids is 2. The van der Waals surface area contributed by atoms with Crippen molar-refractivity contribution in [3.8, 4) is 0 Å². The van der Waals surface area contributed by atoms with Crippen molar-refractivity contribution in [3.63, 3.8) is 0 Å². The summed E-state index contributed by atoms with van der Waals surface area (Å²) in [5, 5.41) is 2.88. The Labute approximate surface area is 160 Å². The Balaban J connectivity index is 1.48. The molecule has 0 aliphatic carbocycles. The van der Waals surface area contributed by atoms with Crippen molar-refractivity contribution in [3.05, 3.63) is 65.5 Å². The average Bonchev–Trinajstić information content (AvgIpc) is 2.72. The van der Waals surface area contributed by atoms with Crippen LogP contribution in [0.3, 0.4) is 0 Å². The van der Waals surface area contributed by atoms with Crippen LogP contribution in [0.25, 0.3) is 0 Å². The molecule has 1 aliphatic heterocycles. The number of hydrogen-bond donors (Lipinski definition) is 1. The van der Waals surface area contributed by atoms with Gasteiger partial charge in [0.2, 0.25) is 0 Å². The summed E-state index contributed by atoms with van der Waals surface area (Å²) < 4.78 is 37.9. The van der Waals surface area contributed by atoms with E-state index in [-0.39, 0.29) is 23.3 Å². The lowest BCUT2D eigenvalue weighted by Crippen LogP contribution is -2.41. The zero-order chi connectivity index (χ0) is 20.1. The number of amides is 2. The molecule has 5 nitrogen and oxygen atoms in total. The number of aromatic nitrogens is 1. The summed E-state index contributed by atoms with van der Waals surface area (Å²) in [5.41, 5.74) is -0.0270. The van der Waals surface area contributed by atoms with E-state index >= 15 is 0 Å². The van der Waals surface area contributed by atoms with Gasteiger partial charge in [0.05, 0.1) is 11.1 Å². The number of carbonyl (C=O) groups is 2. The summed E-state index contributed by atoms with van der Waals surface area (Å²) in [6, 6.07) is 7.66. The van der Waals surface area contributed by atoms with Gasteiger partial charge in [0.1, 0.15) is 0 Å². The lowest BCUT2D eigenvalue weighted by Gasteiger charge is -2.32. The monoisotopic (exact) mass is 391 g/mol. The SMILES string of the molecule is O=C(NCC1CCN(C(=O)c2ccc(C(F)(F)F)cc2)CC1)c1cccnc1. The highest BCUT2D eigenvalue weighted by Gasteiger charge is 2.31. The van der Waals surface area contributed by atoms with E-state index < -0.39 is 11.7 Å². The van der Waals surface area contributed by atoms with Gasteiger partial charge in [-0.15, -0.1) is 0 Å². The number of nitrogens with zero attached hydrogens (tertiary/aromatic N) is 2. The molecule has 28 heavy (non-hydrogen) atoms. The normalized spacial score (nSPS) is 15.3. The molecule has 2 aromatic rings. The average molecular weight is 391 g/mol. The number of piperidine rings is 1. The summed E-state index contributed by atoms with van der Waals surface area (Å²) in [6.45, 7) is 1.52. The van der Waals surface area contributed by atoms with Crippen molar-refractivity contribution in [1.29, 1.82) is 0 Å². The van der Waals surface area contributed by atoms with E-state index in [2.05, 4.69) is 10.3 Å². The molecule has 148 valence electrons. The standard InChI is InChI=1S/C20H20F3N3O2/c21-20(22,23)17-5-3-15(4-6-17)19(28)26-10-7-14(8-11-26)12-25-18(27)16-2-1-9-24-13-16/h1-6,9,13-14H,7-8,10-12H2,(H,25,27). The highest BCUT2D eigenvalue weighted by molar-refractivity contribution is 5.94. The highest BCUT2D eigenvalue weighted by Crippen LogP contribution is 2.29. The number of alkyl halides is 3. The van der Waals surface area contributed by atoms with Crippen LogP contribution in [0, 0.1) is 5.92 Å². The number of hydrogen-bond acceptors (Lipinski definition) is 3. The second-order valence-electron chi connectivity index (χ2n) is 6.76. The number of likely N-dealkylation sites (tertiary alicyclic amines) is 1. The molecule has 3 rings (SSSR count). The fraction of sp³-hybridized carbons (Fsp3) is 0.350. The summed E-state index contributed by atoms with van der Waals surface area (Å²) in [6.07, 6.45) is 0.125. The maximum atomic E-state index is 12.6. The first-order valence-corrected chi connectivity index (χ1v) is 8.99. The minimum Gasteiger partial charge on any atom is -0.352 e. The Morgan fingerprint density at radius 1 is 1.07 bits per heavy atom. The van der Waals surface area contributed by atoms with Crippen molar-refractivity contribution in [2.75, 3.05) is 19.6 Å². The molecule has 1 aromatic carbocycles. The van der Waals surface area contributed by atoms with Gasteiger partial charge < -0.3 is 10.2 Å². The van der Waals surface area contributed by atoms with Crippen LogP contribution in [-0.4, -0.2) is 41.3 Å². The largest absolute Gasteiger partial charge is 0.416 e. The molecule has 1 aromatic heterocycles. The molecule has 2 heterocycles. The van der Waals surface area contributed by atoms with Crippen LogP contribution < -0.4 is 5.32 Å². The lowest BCUT2D eigenvalue weighted by atomic mass is 9.96. The van der Waals surface area contributed by atoms with E-state index in [1.165, 1.54) is 18.3 Å². The number of rotatable bonds is 4. The Kier molecular flexibility index (Phi) is 5.96. The Morgan fingerprint density at radius 3 is 2.32 bits per heavy atom. The highest BCUT2D eigenvalue weighted by atomic mass is 19.4. The van der Waals surface area contributed by atoms with Gasteiger partial charge >= 0.3 is 6.18 Å². The molecular weight excluding hydrogens is 371 g/mol. The van der Waals surface area contributed by atoms with Gasteiger partial charge in [0.15, 0.2) is 0 Å². The van der Waals surface area contributed by atoms with E-state index in [0.29, 0.717) is 25.2 Å². The molecule has 1 fully saturated rings. The third-order valence-corrected chi connectivity index (χ3v) is 4.84. The third-order valence-electron chi connectivity index (χ3n) is 4.84. The zero-order valence-corrected chi connectivity index (χ0v) is 15.1. The number of nitrogens with one attached hydrogen (secondary N) is 1. The van der Waals surface area contributed by atoms with Crippen LogP contribution in [0.5, 0.6) is 0 Å². The molecule has 0 radical (unpaired) electrons. The minimum atomic E-state index is -4.42. The second kappa shape index (κ2) is 8.41. The maximum Gasteiger partial charge on any atom is 0.416 e.